The molecule has 128 valence electrons. The topological polar surface area (TPSA) is 88.4 Å². The summed E-state index contributed by atoms with van der Waals surface area (Å²) < 4.78 is 30.6. The van der Waals surface area contributed by atoms with Crippen molar-refractivity contribution < 1.29 is 17.6 Å². The zero-order valence-electron chi connectivity index (χ0n) is 13.4. The molecule has 0 spiro atoms. The summed E-state index contributed by atoms with van der Waals surface area (Å²) in [6, 6.07) is 10.9. The molecule has 1 aromatic carbocycles. The second-order valence-corrected chi connectivity index (χ2v) is 7.64. The normalized spacial score (nSPS) is 17.3. The van der Waals surface area contributed by atoms with Gasteiger partial charge in [0, 0.05) is 12.5 Å². The van der Waals surface area contributed by atoms with Crippen molar-refractivity contribution >= 4 is 15.9 Å². The summed E-state index contributed by atoms with van der Waals surface area (Å²) >= 11 is 0. The predicted molar refractivity (Wildman–Crippen MR) is 89.4 cm³/mol. The summed E-state index contributed by atoms with van der Waals surface area (Å²) in [4.78, 5) is 12.2. The second-order valence-electron chi connectivity index (χ2n) is 5.82. The van der Waals surface area contributed by atoms with Gasteiger partial charge < -0.3 is 9.73 Å². The molecule has 0 aliphatic heterocycles. The van der Waals surface area contributed by atoms with Crippen molar-refractivity contribution in [1.29, 1.82) is 0 Å². The first-order chi connectivity index (χ1) is 11.5. The molecule has 1 atom stereocenters. The monoisotopic (exact) mass is 348 g/mol. The van der Waals surface area contributed by atoms with E-state index in [-0.39, 0.29) is 16.8 Å². The second kappa shape index (κ2) is 6.78. The zero-order valence-corrected chi connectivity index (χ0v) is 14.2. The third-order valence-corrected chi connectivity index (χ3v) is 5.63. The van der Waals surface area contributed by atoms with Gasteiger partial charge in [-0.2, -0.15) is 0 Å². The first-order valence-corrected chi connectivity index (χ1v) is 9.39. The summed E-state index contributed by atoms with van der Waals surface area (Å²) in [7, 11) is -2.39. The van der Waals surface area contributed by atoms with Crippen molar-refractivity contribution in [3.63, 3.8) is 0 Å². The summed E-state index contributed by atoms with van der Waals surface area (Å²) in [5.41, 5.74) is 2.62. The van der Waals surface area contributed by atoms with Gasteiger partial charge in [-0.3, -0.25) is 4.79 Å². The molecule has 0 saturated carbocycles. The Kier molecular flexibility index (Phi) is 4.73. The van der Waals surface area contributed by atoms with Crippen LogP contribution in [0.2, 0.25) is 0 Å². The standard InChI is InChI=1S/C17H20N2O4S/c1-18-24(21,22)16-10-9-15(23-16)17(20)19-11-13-7-4-6-12-5-2-3-8-14(12)13/h2-3,5,8-10,13,18H,4,6-7,11H2,1H3,(H,19,20)/t13-/m1/s1. The van der Waals surface area contributed by atoms with E-state index in [9.17, 15) is 13.2 Å². The van der Waals surface area contributed by atoms with Gasteiger partial charge in [-0.25, -0.2) is 13.1 Å². The Hall–Kier alpha value is -2.12. The molecule has 0 saturated heterocycles. The molecule has 1 aliphatic carbocycles. The SMILES string of the molecule is CNS(=O)(=O)c1ccc(C(=O)NC[C@H]2CCCc3ccccc32)o1. The lowest BCUT2D eigenvalue weighted by Crippen LogP contribution is -2.29. The fraction of sp³-hybridized carbons (Fsp3) is 0.353. The third-order valence-electron chi connectivity index (χ3n) is 4.34. The van der Waals surface area contributed by atoms with E-state index in [1.807, 2.05) is 12.1 Å². The van der Waals surface area contributed by atoms with Crippen molar-refractivity contribution in [2.75, 3.05) is 13.6 Å². The van der Waals surface area contributed by atoms with Crippen LogP contribution in [0, 0.1) is 0 Å². The van der Waals surface area contributed by atoms with Crippen LogP contribution < -0.4 is 10.0 Å². The van der Waals surface area contributed by atoms with Crippen molar-refractivity contribution in [3.05, 3.63) is 53.3 Å². The number of furan rings is 1. The van der Waals surface area contributed by atoms with Crippen LogP contribution in [0.1, 0.15) is 40.4 Å². The maximum absolute atomic E-state index is 12.2. The molecular weight excluding hydrogens is 328 g/mol. The Morgan fingerprint density at radius 2 is 2.04 bits per heavy atom. The number of fused-ring (bicyclic) bond motifs is 1. The van der Waals surface area contributed by atoms with Crippen LogP contribution in [-0.4, -0.2) is 27.9 Å². The zero-order chi connectivity index (χ0) is 17.2. The van der Waals surface area contributed by atoms with Gasteiger partial charge in [-0.1, -0.05) is 24.3 Å². The van der Waals surface area contributed by atoms with Gasteiger partial charge in [0.25, 0.3) is 15.9 Å². The van der Waals surface area contributed by atoms with Crippen molar-refractivity contribution in [3.8, 4) is 0 Å². The molecule has 0 bridgehead atoms. The summed E-state index contributed by atoms with van der Waals surface area (Å²) in [5, 5.41) is 2.58. The summed E-state index contributed by atoms with van der Waals surface area (Å²) in [5.74, 6) is -0.141. The van der Waals surface area contributed by atoms with Crippen LogP contribution in [0.25, 0.3) is 0 Å². The highest BCUT2D eigenvalue weighted by molar-refractivity contribution is 7.89. The lowest BCUT2D eigenvalue weighted by Gasteiger charge is -2.25. The molecule has 7 heteroatoms. The molecule has 1 heterocycles. The van der Waals surface area contributed by atoms with Gasteiger partial charge in [0.15, 0.2) is 5.76 Å². The number of benzene rings is 1. The minimum absolute atomic E-state index is 0.00656. The molecule has 0 fully saturated rings. The molecule has 0 unspecified atom stereocenters. The minimum Gasteiger partial charge on any atom is -0.438 e. The van der Waals surface area contributed by atoms with Crippen LogP contribution in [-0.2, 0) is 16.4 Å². The van der Waals surface area contributed by atoms with Gasteiger partial charge in [-0.05, 0) is 49.6 Å². The fourth-order valence-corrected chi connectivity index (χ4v) is 3.70. The number of amides is 1. The van der Waals surface area contributed by atoms with E-state index < -0.39 is 15.9 Å². The van der Waals surface area contributed by atoms with E-state index in [0.29, 0.717) is 6.54 Å². The van der Waals surface area contributed by atoms with Gasteiger partial charge in [0.05, 0.1) is 0 Å². The number of aryl methyl sites for hydroxylation is 1. The molecule has 2 aromatic rings. The molecule has 1 amide bonds. The Labute approximate surface area is 141 Å². The Morgan fingerprint density at radius 1 is 1.25 bits per heavy atom. The molecule has 0 radical (unpaired) electrons. The Balaban J connectivity index is 1.67. The number of sulfonamides is 1. The first kappa shape index (κ1) is 16.7. The molecule has 1 aromatic heterocycles. The Bertz CT molecular complexity index is 842. The van der Waals surface area contributed by atoms with E-state index >= 15 is 0 Å². The van der Waals surface area contributed by atoms with E-state index in [2.05, 4.69) is 22.2 Å². The third kappa shape index (κ3) is 3.37. The summed E-state index contributed by atoms with van der Waals surface area (Å²) in [6.45, 7) is 0.505. The number of hydrogen-bond acceptors (Lipinski definition) is 4. The van der Waals surface area contributed by atoms with Gasteiger partial charge in [0.2, 0.25) is 5.09 Å². The lowest BCUT2D eigenvalue weighted by molar-refractivity contribution is 0.0917. The average molecular weight is 348 g/mol. The molecule has 24 heavy (non-hydrogen) atoms. The highest BCUT2D eigenvalue weighted by atomic mass is 32.2. The number of nitrogens with one attached hydrogen (secondary N) is 2. The number of carbonyl (C=O) groups is 1. The van der Waals surface area contributed by atoms with Gasteiger partial charge in [0.1, 0.15) is 0 Å². The van der Waals surface area contributed by atoms with Crippen molar-refractivity contribution in [2.24, 2.45) is 0 Å². The molecule has 1 aliphatic rings. The van der Waals surface area contributed by atoms with Crippen LogP contribution in [0.4, 0.5) is 0 Å². The number of carbonyl (C=O) groups excluding carboxylic acids is 1. The molecular formula is C17H20N2O4S. The van der Waals surface area contributed by atoms with Crippen molar-refractivity contribution in [2.45, 2.75) is 30.3 Å². The first-order valence-electron chi connectivity index (χ1n) is 7.90. The van der Waals surface area contributed by atoms with E-state index in [0.717, 1.165) is 19.3 Å². The van der Waals surface area contributed by atoms with E-state index in [1.165, 1.54) is 30.3 Å². The van der Waals surface area contributed by atoms with Crippen LogP contribution >= 0.6 is 0 Å². The maximum Gasteiger partial charge on any atom is 0.287 e. The van der Waals surface area contributed by atoms with Gasteiger partial charge in [-0.15, -0.1) is 0 Å². The maximum atomic E-state index is 12.2. The van der Waals surface area contributed by atoms with Crippen molar-refractivity contribution in [1.82, 2.24) is 10.0 Å². The van der Waals surface area contributed by atoms with Crippen LogP contribution in [0.5, 0.6) is 0 Å². The predicted octanol–water partition coefficient (Wildman–Crippen LogP) is 2.04. The van der Waals surface area contributed by atoms with Gasteiger partial charge >= 0.3 is 0 Å². The highest BCUT2D eigenvalue weighted by Crippen LogP contribution is 2.30. The largest absolute Gasteiger partial charge is 0.438 e. The Morgan fingerprint density at radius 3 is 2.83 bits per heavy atom. The summed E-state index contributed by atoms with van der Waals surface area (Å²) in [6.07, 6.45) is 3.20. The highest BCUT2D eigenvalue weighted by Gasteiger charge is 2.22. The van der Waals surface area contributed by atoms with Crippen LogP contribution in [0.3, 0.4) is 0 Å². The van der Waals surface area contributed by atoms with Crippen LogP contribution in [0.15, 0.2) is 45.9 Å². The molecule has 2 N–H and O–H groups in total. The van der Waals surface area contributed by atoms with E-state index in [1.54, 1.807) is 0 Å². The lowest BCUT2D eigenvalue weighted by atomic mass is 9.83. The van der Waals surface area contributed by atoms with E-state index in [4.69, 9.17) is 4.42 Å². The minimum atomic E-state index is -3.68. The fourth-order valence-electron chi connectivity index (χ4n) is 3.06. The average Bonchev–Trinajstić information content (AvgIpc) is 3.10. The smallest absolute Gasteiger partial charge is 0.287 e. The number of rotatable bonds is 5. The quantitative estimate of drug-likeness (QED) is 0.865. The number of hydrogen-bond donors (Lipinski definition) is 2. The molecule has 6 nitrogen and oxygen atoms in total. The molecule has 3 rings (SSSR count).